The minimum Gasteiger partial charge on any atom is -0.493 e. The van der Waals surface area contributed by atoms with E-state index in [-0.39, 0.29) is 12.5 Å². The molecule has 1 aromatic rings. The van der Waals surface area contributed by atoms with E-state index >= 15 is 0 Å². The topological polar surface area (TPSA) is 66.8 Å². The van der Waals surface area contributed by atoms with Gasteiger partial charge in [-0.15, -0.1) is 0 Å². The van der Waals surface area contributed by atoms with Gasteiger partial charge in [-0.2, -0.15) is 0 Å². The summed E-state index contributed by atoms with van der Waals surface area (Å²) in [6, 6.07) is 5.75. The van der Waals surface area contributed by atoms with Gasteiger partial charge in [0.1, 0.15) is 12.3 Å². The molecule has 106 valence electrons. The number of likely N-dealkylation sites (N-methyl/N-ethyl adjacent to an activating group) is 1. The summed E-state index contributed by atoms with van der Waals surface area (Å²) in [5.41, 5.74) is 2.05. The van der Waals surface area contributed by atoms with Gasteiger partial charge >= 0.3 is 5.97 Å². The van der Waals surface area contributed by atoms with E-state index in [0.717, 1.165) is 23.3 Å². The fourth-order valence-electron chi connectivity index (χ4n) is 2.09. The molecule has 5 nitrogen and oxygen atoms in total. The molecule has 0 spiro atoms. The summed E-state index contributed by atoms with van der Waals surface area (Å²) in [5.74, 6) is -0.413. The summed E-state index contributed by atoms with van der Waals surface area (Å²) in [7, 11) is 0. The molecule has 1 aliphatic heterocycles. The van der Waals surface area contributed by atoms with Gasteiger partial charge in [0, 0.05) is 19.0 Å². The maximum absolute atomic E-state index is 11.9. The van der Waals surface area contributed by atoms with Crippen LogP contribution < -0.4 is 4.74 Å². The van der Waals surface area contributed by atoms with Crippen LogP contribution in [0.15, 0.2) is 24.3 Å². The molecule has 0 aliphatic carbocycles. The summed E-state index contributed by atoms with van der Waals surface area (Å²) < 4.78 is 5.41. The largest absolute Gasteiger partial charge is 0.493 e. The molecule has 1 heterocycles. The number of carbonyl (C=O) groups excluding carboxylic acids is 1. The standard InChI is InChI=1S/C15H17NO4/c1-2-16(10-15(18)19)14(17)6-4-11-3-5-13-12(9-11)7-8-20-13/h3-6,9H,2,7-8,10H2,1H3,(H,18,19)/b6-4+. The van der Waals surface area contributed by atoms with E-state index in [4.69, 9.17) is 9.84 Å². The Labute approximate surface area is 117 Å². The molecule has 0 saturated heterocycles. The highest BCUT2D eigenvalue weighted by molar-refractivity contribution is 5.93. The molecule has 0 saturated carbocycles. The predicted molar refractivity (Wildman–Crippen MR) is 74.6 cm³/mol. The number of aliphatic carboxylic acids is 1. The van der Waals surface area contributed by atoms with Gasteiger partial charge in [0.15, 0.2) is 0 Å². The minimum atomic E-state index is -1.01. The third-order valence-corrected chi connectivity index (χ3v) is 3.15. The van der Waals surface area contributed by atoms with Gasteiger partial charge in [0.2, 0.25) is 5.91 Å². The van der Waals surface area contributed by atoms with Gasteiger partial charge < -0.3 is 14.7 Å². The van der Waals surface area contributed by atoms with Gasteiger partial charge in [-0.25, -0.2) is 0 Å². The van der Waals surface area contributed by atoms with Crippen molar-refractivity contribution in [2.75, 3.05) is 19.7 Å². The van der Waals surface area contributed by atoms with Crippen LogP contribution in [0.3, 0.4) is 0 Å². The summed E-state index contributed by atoms with van der Waals surface area (Å²) in [5, 5.41) is 8.72. The van der Waals surface area contributed by atoms with Gasteiger partial charge in [-0.3, -0.25) is 9.59 Å². The van der Waals surface area contributed by atoms with Crippen LogP contribution in [0, 0.1) is 0 Å². The van der Waals surface area contributed by atoms with Crippen LogP contribution in [-0.4, -0.2) is 41.6 Å². The van der Waals surface area contributed by atoms with Crippen molar-refractivity contribution in [3.05, 3.63) is 35.4 Å². The first-order chi connectivity index (χ1) is 9.60. The molecule has 0 fully saturated rings. The molecule has 2 rings (SSSR count). The maximum atomic E-state index is 11.9. The molecule has 1 aliphatic rings. The van der Waals surface area contributed by atoms with Crippen molar-refractivity contribution in [3.63, 3.8) is 0 Å². The van der Waals surface area contributed by atoms with Crippen LogP contribution in [0.2, 0.25) is 0 Å². The molecule has 1 amide bonds. The Morgan fingerprint density at radius 3 is 2.95 bits per heavy atom. The fourth-order valence-corrected chi connectivity index (χ4v) is 2.09. The lowest BCUT2D eigenvalue weighted by Gasteiger charge is -2.15. The Morgan fingerprint density at radius 2 is 2.25 bits per heavy atom. The molecule has 1 aromatic carbocycles. The number of fused-ring (bicyclic) bond motifs is 1. The molecule has 0 atom stereocenters. The Hall–Kier alpha value is -2.30. The van der Waals surface area contributed by atoms with Gasteiger partial charge in [0.25, 0.3) is 0 Å². The molecule has 0 bridgehead atoms. The molecule has 0 unspecified atom stereocenters. The lowest BCUT2D eigenvalue weighted by Crippen LogP contribution is -2.34. The molecular weight excluding hydrogens is 258 g/mol. The normalized spacial score (nSPS) is 13.1. The zero-order chi connectivity index (χ0) is 14.5. The first-order valence-corrected chi connectivity index (χ1v) is 6.54. The monoisotopic (exact) mass is 275 g/mol. The van der Waals surface area contributed by atoms with Crippen LogP contribution >= 0.6 is 0 Å². The minimum absolute atomic E-state index is 0.280. The van der Waals surface area contributed by atoms with E-state index in [0.29, 0.717) is 13.2 Å². The zero-order valence-electron chi connectivity index (χ0n) is 11.3. The highest BCUT2D eigenvalue weighted by Gasteiger charge is 2.13. The number of nitrogens with zero attached hydrogens (tertiary/aromatic N) is 1. The van der Waals surface area contributed by atoms with Crippen LogP contribution in [0.5, 0.6) is 5.75 Å². The predicted octanol–water partition coefficient (Wildman–Crippen LogP) is 1.57. The average molecular weight is 275 g/mol. The Morgan fingerprint density at radius 1 is 1.45 bits per heavy atom. The zero-order valence-corrected chi connectivity index (χ0v) is 11.3. The number of hydrogen-bond acceptors (Lipinski definition) is 3. The lowest BCUT2D eigenvalue weighted by molar-refractivity contribution is -0.142. The second kappa shape index (κ2) is 6.23. The van der Waals surface area contributed by atoms with Crippen molar-refractivity contribution in [2.45, 2.75) is 13.3 Å². The summed E-state index contributed by atoms with van der Waals surface area (Å²) >= 11 is 0. The second-order valence-corrected chi connectivity index (χ2v) is 4.55. The number of hydrogen-bond donors (Lipinski definition) is 1. The number of carbonyl (C=O) groups is 2. The molecule has 20 heavy (non-hydrogen) atoms. The first kappa shape index (κ1) is 14.1. The fraction of sp³-hybridized carbons (Fsp3) is 0.333. The van der Waals surface area contributed by atoms with Gasteiger partial charge in [-0.1, -0.05) is 6.07 Å². The maximum Gasteiger partial charge on any atom is 0.323 e. The van der Waals surface area contributed by atoms with Crippen molar-refractivity contribution in [2.24, 2.45) is 0 Å². The van der Waals surface area contributed by atoms with Crippen LogP contribution in [0.1, 0.15) is 18.1 Å². The van der Waals surface area contributed by atoms with Crippen molar-refractivity contribution < 1.29 is 19.4 Å². The van der Waals surface area contributed by atoms with Crippen LogP contribution in [0.25, 0.3) is 6.08 Å². The lowest BCUT2D eigenvalue weighted by atomic mass is 10.1. The average Bonchev–Trinajstić information content (AvgIpc) is 2.89. The van der Waals surface area contributed by atoms with Gasteiger partial charge in [0.05, 0.1) is 6.61 Å². The third-order valence-electron chi connectivity index (χ3n) is 3.15. The van der Waals surface area contributed by atoms with Crippen molar-refractivity contribution in [3.8, 4) is 5.75 Å². The molecular formula is C15H17NO4. The smallest absolute Gasteiger partial charge is 0.323 e. The van der Waals surface area contributed by atoms with Crippen molar-refractivity contribution >= 4 is 18.0 Å². The van der Waals surface area contributed by atoms with E-state index < -0.39 is 5.97 Å². The molecule has 0 aromatic heterocycles. The third kappa shape index (κ3) is 3.38. The van der Waals surface area contributed by atoms with Gasteiger partial charge in [-0.05, 0) is 36.3 Å². The summed E-state index contributed by atoms with van der Waals surface area (Å²) in [6.45, 7) is 2.54. The van der Waals surface area contributed by atoms with Crippen molar-refractivity contribution in [1.29, 1.82) is 0 Å². The number of carboxylic acid groups (broad SMARTS) is 1. The Bertz CT molecular complexity index is 551. The number of benzene rings is 1. The Kier molecular flexibility index (Phi) is 4.40. The Balaban J connectivity index is 2.04. The number of amides is 1. The molecule has 5 heteroatoms. The molecule has 1 N–H and O–H groups in total. The highest BCUT2D eigenvalue weighted by atomic mass is 16.5. The highest BCUT2D eigenvalue weighted by Crippen LogP contribution is 2.26. The van der Waals surface area contributed by atoms with E-state index in [2.05, 4.69) is 0 Å². The quantitative estimate of drug-likeness (QED) is 0.828. The number of carboxylic acids is 1. The summed E-state index contributed by atoms with van der Waals surface area (Å²) in [4.78, 5) is 23.8. The van der Waals surface area contributed by atoms with Crippen molar-refractivity contribution in [1.82, 2.24) is 4.90 Å². The van der Waals surface area contributed by atoms with Crippen LogP contribution in [-0.2, 0) is 16.0 Å². The van der Waals surface area contributed by atoms with Crippen LogP contribution in [0.4, 0.5) is 0 Å². The van der Waals surface area contributed by atoms with E-state index in [1.54, 1.807) is 13.0 Å². The van der Waals surface area contributed by atoms with E-state index in [9.17, 15) is 9.59 Å². The number of rotatable bonds is 5. The van der Waals surface area contributed by atoms with E-state index in [1.165, 1.54) is 11.0 Å². The van der Waals surface area contributed by atoms with E-state index in [1.807, 2.05) is 18.2 Å². The molecule has 0 radical (unpaired) electrons. The number of ether oxygens (including phenoxy) is 1. The SMILES string of the molecule is CCN(CC(=O)O)C(=O)/C=C/c1ccc2c(c1)CCO2. The first-order valence-electron chi connectivity index (χ1n) is 6.54. The summed E-state index contributed by atoms with van der Waals surface area (Å²) in [6.07, 6.45) is 3.99. The second-order valence-electron chi connectivity index (χ2n) is 4.55.